The Kier molecular flexibility index (Phi) is 5.01. The van der Waals surface area contributed by atoms with Gasteiger partial charge >= 0.3 is 0 Å². The smallest absolute Gasteiger partial charge is 0.241 e. The van der Waals surface area contributed by atoms with Crippen LogP contribution in [0.1, 0.15) is 31.9 Å². The molecule has 4 heteroatoms. The molecule has 1 heterocycles. The average molecular weight is 275 g/mol. The molecule has 2 rings (SSSR count). The first kappa shape index (κ1) is 14.9. The van der Waals surface area contributed by atoms with Gasteiger partial charge in [0.05, 0.1) is 6.54 Å². The van der Waals surface area contributed by atoms with Crippen LogP contribution in [0.25, 0.3) is 0 Å². The van der Waals surface area contributed by atoms with Gasteiger partial charge in [-0.1, -0.05) is 25.1 Å². The molecule has 0 bridgehead atoms. The number of fused-ring (bicyclic) bond motifs is 1. The fourth-order valence-electron chi connectivity index (χ4n) is 2.71. The Balaban J connectivity index is 2.16. The van der Waals surface area contributed by atoms with Crippen LogP contribution in [0.3, 0.4) is 0 Å². The first-order valence-electron chi connectivity index (χ1n) is 7.48. The Bertz CT molecular complexity index is 461. The number of amides is 1. The van der Waals surface area contributed by atoms with Crippen LogP contribution in [0.2, 0.25) is 0 Å². The van der Waals surface area contributed by atoms with Crippen molar-refractivity contribution < 1.29 is 4.79 Å². The van der Waals surface area contributed by atoms with Gasteiger partial charge in [-0.25, -0.2) is 0 Å². The third kappa shape index (κ3) is 3.12. The van der Waals surface area contributed by atoms with Gasteiger partial charge in [-0.15, -0.1) is 0 Å². The minimum atomic E-state index is 0.184. The second kappa shape index (κ2) is 6.75. The van der Waals surface area contributed by atoms with Crippen LogP contribution < -0.4 is 10.2 Å². The molecule has 0 saturated carbocycles. The summed E-state index contributed by atoms with van der Waals surface area (Å²) in [5.74, 6) is 0.184. The zero-order valence-electron chi connectivity index (χ0n) is 12.7. The van der Waals surface area contributed by atoms with Crippen molar-refractivity contribution in [2.24, 2.45) is 0 Å². The Hall–Kier alpha value is -1.55. The molecule has 0 saturated heterocycles. The molecule has 1 aliphatic rings. The molecular weight excluding hydrogens is 250 g/mol. The molecule has 110 valence electrons. The van der Waals surface area contributed by atoms with Crippen molar-refractivity contribution in [1.82, 2.24) is 10.2 Å². The summed E-state index contributed by atoms with van der Waals surface area (Å²) < 4.78 is 0. The summed E-state index contributed by atoms with van der Waals surface area (Å²) in [5.41, 5.74) is 2.51. The van der Waals surface area contributed by atoms with E-state index in [0.29, 0.717) is 12.6 Å². The van der Waals surface area contributed by atoms with E-state index in [4.69, 9.17) is 0 Å². The number of hydrogen-bond donors (Lipinski definition) is 1. The van der Waals surface area contributed by atoms with Crippen molar-refractivity contribution >= 4 is 11.6 Å². The maximum Gasteiger partial charge on any atom is 0.241 e. The Labute approximate surface area is 121 Å². The van der Waals surface area contributed by atoms with Gasteiger partial charge in [0.15, 0.2) is 0 Å². The highest BCUT2D eigenvalue weighted by molar-refractivity contribution is 5.81. The maximum atomic E-state index is 12.1. The van der Waals surface area contributed by atoms with E-state index < -0.39 is 0 Å². The number of carbonyl (C=O) groups is 1. The molecule has 1 unspecified atom stereocenters. The molecule has 0 aromatic heterocycles. The van der Waals surface area contributed by atoms with Gasteiger partial charge in [-0.05, 0) is 31.5 Å². The normalized spacial score (nSPS) is 17.8. The SMILES string of the molecule is CCNC1CCN(CC(=O)N(C)CC)c2ccccc21. The van der Waals surface area contributed by atoms with Gasteiger partial charge in [0.25, 0.3) is 0 Å². The van der Waals surface area contributed by atoms with Crippen LogP contribution in [0.4, 0.5) is 5.69 Å². The van der Waals surface area contributed by atoms with Gasteiger partial charge < -0.3 is 15.1 Å². The number of para-hydroxylation sites is 1. The first-order chi connectivity index (χ1) is 9.67. The lowest BCUT2D eigenvalue weighted by atomic mass is 9.96. The molecule has 1 aliphatic heterocycles. The molecule has 1 amide bonds. The molecule has 4 nitrogen and oxygen atoms in total. The summed E-state index contributed by atoms with van der Waals surface area (Å²) in [5, 5.41) is 3.53. The molecular formula is C16H25N3O. The standard InChI is InChI=1S/C16H25N3O/c1-4-17-14-10-11-19(12-16(20)18(3)5-2)15-9-7-6-8-13(14)15/h6-9,14,17H,4-5,10-12H2,1-3H3. The number of nitrogens with one attached hydrogen (secondary N) is 1. The number of hydrogen-bond acceptors (Lipinski definition) is 3. The fourth-order valence-corrected chi connectivity index (χ4v) is 2.71. The molecule has 0 aliphatic carbocycles. The highest BCUT2D eigenvalue weighted by Crippen LogP contribution is 2.33. The van der Waals surface area contributed by atoms with Crippen molar-refractivity contribution in [3.63, 3.8) is 0 Å². The van der Waals surface area contributed by atoms with Crippen molar-refractivity contribution in [2.45, 2.75) is 26.3 Å². The van der Waals surface area contributed by atoms with Crippen molar-refractivity contribution in [2.75, 3.05) is 38.1 Å². The van der Waals surface area contributed by atoms with E-state index >= 15 is 0 Å². The Morgan fingerprint density at radius 1 is 1.40 bits per heavy atom. The van der Waals surface area contributed by atoms with E-state index in [-0.39, 0.29) is 5.91 Å². The second-order valence-corrected chi connectivity index (χ2v) is 5.29. The highest BCUT2D eigenvalue weighted by atomic mass is 16.2. The number of benzene rings is 1. The van der Waals surface area contributed by atoms with Crippen LogP contribution in [-0.2, 0) is 4.79 Å². The van der Waals surface area contributed by atoms with Gasteiger partial charge in [0.1, 0.15) is 0 Å². The molecule has 1 aromatic rings. The van der Waals surface area contributed by atoms with Gasteiger partial charge in [0.2, 0.25) is 5.91 Å². The average Bonchev–Trinajstić information content (AvgIpc) is 2.49. The van der Waals surface area contributed by atoms with Crippen LogP contribution in [0.5, 0.6) is 0 Å². The third-order valence-electron chi connectivity index (χ3n) is 4.02. The molecule has 0 fully saturated rings. The minimum absolute atomic E-state index is 0.184. The van der Waals surface area contributed by atoms with E-state index in [1.807, 2.05) is 20.0 Å². The summed E-state index contributed by atoms with van der Waals surface area (Å²) in [4.78, 5) is 16.1. The van der Waals surface area contributed by atoms with Crippen molar-refractivity contribution in [3.05, 3.63) is 29.8 Å². The zero-order chi connectivity index (χ0) is 14.5. The topological polar surface area (TPSA) is 35.6 Å². The number of rotatable bonds is 5. The van der Waals surface area contributed by atoms with E-state index in [0.717, 1.165) is 26.1 Å². The van der Waals surface area contributed by atoms with E-state index in [2.05, 4.69) is 35.3 Å². The Morgan fingerprint density at radius 3 is 2.85 bits per heavy atom. The number of anilines is 1. The lowest BCUT2D eigenvalue weighted by Gasteiger charge is -2.36. The summed E-state index contributed by atoms with van der Waals surface area (Å²) in [6.45, 7) is 7.26. The summed E-state index contributed by atoms with van der Waals surface area (Å²) >= 11 is 0. The predicted octanol–water partition coefficient (Wildman–Crippen LogP) is 2.03. The summed E-state index contributed by atoms with van der Waals surface area (Å²) in [6, 6.07) is 8.83. The number of likely N-dealkylation sites (N-methyl/N-ethyl adjacent to an activating group) is 1. The lowest BCUT2D eigenvalue weighted by molar-refractivity contribution is -0.128. The zero-order valence-corrected chi connectivity index (χ0v) is 12.7. The quantitative estimate of drug-likeness (QED) is 0.893. The van der Waals surface area contributed by atoms with Crippen LogP contribution in [0.15, 0.2) is 24.3 Å². The van der Waals surface area contributed by atoms with Crippen LogP contribution in [0, 0.1) is 0 Å². The van der Waals surface area contributed by atoms with Gasteiger partial charge in [-0.3, -0.25) is 4.79 Å². The lowest BCUT2D eigenvalue weighted by Crippen LogP contribution is -2.42. The van der Waals surface area contributed by atoms with Crippen molar-refractivity contribution in [3.8, 4) is 0 Å². The molecule has 20 heavy (non-hydrogen) atoms. The number of carbonyl (C=O) groups excluding carboxylic acids is 1. The van der Waals surface area contributed by atoms with Crippen LogP contribution >= 0.6 is 0 Å². The number of nitrogens with zero attached hydrogens (tertiary/aromatic N) is 2. The summed E-state index contributed by atoms with van der Waals surface area (Å²) in [7, 11) is 1.86. The predicted molar refractivity (Wildman–Crippen MR) is 83.0 cm³/mol. The monoisotopic (exact) mass is 275 g/mol. The molecule has 1 atom stereocenters. The highest BCUT2D eigenvalue weighted by Gasteiger charge is 2.25. The van der Waals surface area contributed by atoms with Gasteiger partial charge in [0, 0.05) is 31.9 Å². The van der Waals surface area contributed by atoms with E-state index in [9.17, 15) is 4.79 Å². The Morgan fingerprint density at radius 2 is 2.15 bits per heavy atom. The van der Waals surface area contributed by atoms with Gasteiger partial charge in [-0.2, -0.15) is 0 Å². The molecule has 0 spiro atoms. The summed E-state index contributed by atoms with van der Waals surface area (Å²) in [6.07, 6.45) is 1.05. The molecule has 1 N–H and O–H groups in total. The maximum absolute atomic E-state index is 12.1. The molecule has 1 aromatic carbocycles. The minimum Gasteiger partial charge on any atom is -0.362 e. The molecule has 0 radical (unpaired) electrons. The van der Waals surface area contributed by atoms with E-state index in [1.54, 1.807) is 4.90 Å². The van der Waals surface area contributed by atoms with Crippen molar-refractivity contribution in [1.29, 1.82) is 0 Å². The third-order valence-corrected chi connectivity index (χ3v) is 4.02. The second-order valence-electron chi connectivity index (χ2n) is 5.29. The van der Waals surface area contributed by atoms with Crippen LogP contribution in [-0.4, -0.2) is 44.0 Å². The first-order valence-corrected chi connectivity index (χ1v) is 7.48. The fraction of sp³-hybridized carbons (Fsp3) is 0.562. The largest absolute Gasteiger partial charge is 0.362 e. The van der Waals surface area contributed by atoms with E-state index in [1.165, 1.54) is 11.3 Å².